The molecule has 17 heavy (non-hydrogen) atoms. The van der Waals surface area contributed by atoms with E-state index in [2.05, 4.69) is 5.32 Å². The van der Waals surface area contributed by atoms with Crippen molar-refractivity contribution in [3.8, 4) is 0 Å². The highest BCUT2D eigenvalue weighted by molar-refractivity contribution is 6.18. The number of alkyl halides is 1. The molecule has 92 valence electrons. The summed E-state index contributed by atoms with van der Waals surface area (Å²) in [6, 6.07) is 2.36. The van der Waals surface area contributed by atoms with E-state index in [4.69, 9.17) is 11.6 Å². The van der Waals surface area contributed by atoms with Crippen molar-refractivity contribution in [3.05, 3.63) is 39.7 Å². The number of rotatable bonds is 4. The third-order valence-electron chi connectivity index (χ3n) is 2.01. The molecule has 0 bridgehead atoms. The van der Waals surface area contributed by atoms with Crippen molar-refractivity contribution in [1.82, 2.24) is 5.32 Å². The highest BCUT2D eigenvalue weighted by Gasteiger charge is 2.21. The predicted molar refractivity (Wildman–Crippen MR) is 60.7 cm³/mol. The molecule has 0 aliphatic rings. The van der Waals surface area contributed by atoms with Crippen LogP contribution >= 0.6 is 11.6 Å². The first-order valence-corrected chi connectivity index (χ1v) is 5.30. The van der Waals surface area contributed by atoms with Gasteiger partial charge in [-0.1, -0.05) is 0 Å². The third kappa shape index (κ3) is 3.39. The van der Waals surface area contributed by atoms with Crippen LogP contribution in [-0.4, -0.2) is 22.8 Å². The van der Waals surface area contributed by atoms with Crippen molar-refractivity contribution >= 4 is 23.2 Å². The molecule has 0 fully saturated rings. The standard InChI is InChI=1S/C10H10ClFN2O3/c1-6(5-11)13-10(15)8-4-7(12)2-3-9(8)14(16)17/h2-4,6H,5H2,1H3,(H,13,15). The lowest BCUT2D eigenvalue weighted by Crippen LogP contribution is -2.34. The Morgan fingerprint density at radius 3 is 2.82 bits per heavy atom. The smallest absolute Gasteiger partial charge is 0.282 e. The quantitative estimate of drug-likeness (QED) is 0.512. The number of hydrogen-bond donors (Lipinski definition) is 1. The minimum atomic E-state index is -0.736. The number of hydrogen-bond acceptors (Lipinski definition) is 3. The van der Waals surface area contributed by atoms with E-state index in [9.17, 15) is 19.3 Å². The van der Waals surface area contributed by atoms with Crippen LogP contribution < -0.4 is 5.32 Å². The van der Waals surface area contributed by atoms with E-state index in [1.807, 2.05) is 0 Å². The number of nitrogens with zero attached hydrogens (tertiary/aromatic N) is 1. The first-order valence-electron chi connectivity index (χ1n) is 4.76. The van der Waals surface area contributed by atoms with Gasteiger partial charge in [-0.15, -0.1) is 11.6 Å². The van der Waals surface area contributed by atoms with Crippen LogP contribution in [0.5, 0.6) is 0 Å². The zero-order chi connectivity index (χ0) is 13.0. The Bertz CT molecular complexity index is 453. The lowest BCUT2D eigenvalue weighted by atomic mass is 10.1. The Morgan fingerprint density at radius 2 is 2.29 bits per heavy atom. The van der Waals surface area contributed by atoms with Gasteiger partial charge in [0.2, 0.25) is 0 Å². The molecule has 1 amide bonds. The molecular formula is C10H10ClFN2O3. The van der Waals surface area contributed by atoms with Gasteiger partial charge in [0.1, 0.15) is 11.4 Å². The number of nitrogens with one attached hydrogen (secondary N) is 1. The molecule has 1 rings (SSSR count). The molecule has 0 aliphatic carbocycles. The Hall–Kier alpha value is -1.69. The molecule has 0 radical (unpaired) electrons. The van der Waals surface area contributed by atoms with E-state index in [1.165, 1.54) is 0 Å². The van der Waals surface area contributed by atoms with Gasteiger partial charge in [-0.05, 0) is 19.1 Å². The zero-order valence-electron chi connectivity index (χ0n) is 8.94. The van der Waals surface area contributed by atoms with Crippen molar-refractivity contribution in [2.45, 2.75) is 13.0 Å². The second kappa shape index (κ2) is 5.58. The Labute approximate surface area is 102 Å². The molecule has 1 unspecified atom stereocenters. The first kappa shape index (κ1) is 13.4. The molecule has 0 aliphatic heterocycles. The number of benzene rings is 1. The van der Waals surface area contributed by atoms with Crippen LogP contribution in [0.1, 0.15) is 17.3 Å². The molecule has 1 atom stereocenters. The summed E-state index contributed by atoms with van der Waals surface area (Å²) < 4.78 is 13.0. The first-order chi connectivity index (χ1) is 7.95. The number of carbonyl (C=O) groups is 1. The maximum absolute atomic E-state index is 13.0. The molecule has 0 saturated heterocycles. The fraction of sp³-hybridized carbons (Fsp3) is 0.300. The number of halogens is 2. The van der Waals surface area contributed by atoms with Crippen LogP contribution in [0.3, 0.4) is 0 Å². The van der Waals surface area contributed by atoms with E-state index in [0.717, 1.165) is 18.2 Å². The topological polar surface area (TPSA) is 72.2 Å². The lowest BCUT2D eigenvalue weighted by molar-refractivity contribution is -0.385. The highest BCUT2D eigenvalue weighted by atomic mass is 35.5. The summed E-state index contributed by atoms with van der Waals surface area (Å²) in [4.78, 5) is 21.6. The maximum atomic E-state index is 13.0. The van der Waals surface area contributed by atoms with Gasteiger partial charge in [0, 0.05) is 18.0 Å². The molecule has 0 saturated carbocycles. The van der Waals surface area contributed by atoms with Crippen molar-refractivity contribution < 1.29 is 14.1 Å². The molecule has 1 aromatic rings. The van der Waals surface area contributed by atoms with E-state index in [-0.39, 0.29) is 17.5 Å². The molecule has 1 N–H and O–H groups in total. The third-order valence-corrected chi connectivity index (χ3v) is 2.47. The largest absolute Gasteiger partial charge is 0.348 e. The van der Waals surface area contributed by atoms with E-state index in [0.29, 0.717) is 0 Å². The fourth-order valence-electron chi connectivity index (χ4n) is 1.19. The van der Waals surface area contributed by atoms with Crippen molar-refractivity contribution in [1.29, 1.82) is 0 Å². The number of carbonyl (C=O) groups excluding carboxylic acids is 1. The van der Waals surface area contributed by atoms with E-state index in [1.54, 1.807) is 6.92 Å². The van der Waals surface area contributed by atoms with Gasteiger partial charge >= 0.3 is 0 Å². The fourth-order valence-corrected chi connectivity index (χ4v) is 1.27. The Kier molecular flexibility index (Phi) is 4.39. The van der Waals surface area contributed by atoms with Gasteiger partial charge in [0.15, 0.2) is 0 Å². The Morgan fingerprint density at radius 1 is 1.65 bits per heavy atom. The number of nitro benzene ring substituents is 1. The van der Waals surface area contributed by atoms with Gasteiger partial charge in [-0.25, -0.2) is 4.39 Å². The van der Waals surface area contributed by atoms with Crippen LogP contribution in [0.2, 0.25) is 0 Å². The molecule has 0 aromatic heterocycles. The summed E-state index contributed by atoms with van der Waals surface area (Å²) in [5.74, 6) is -1.27. The minimum absolute atomic E-state index is 0.162. The van der Waals surface area contributed by atoms with Crippen LogP contribution in [-0.2, 0) is 0 Å². The maximum Gasteiger partial charge on any atom is 0.282 e. The monoisotopic (exact) mass is 260 g/mol. The van der Waals surface area contributed by atoms with Crippen molar-refractivity contribution in [3.63, 3.8) is 0 Å². The second-order valence-corrected chi connectivity index (χ2v) is 3.76. The summed E-state index contributed by atoms with van der Waals surface area (Å²) >= 11 is 5.49. The van der Waals surface area contributed by atoms with Crippen LogP contribution in [0.4, 0.5) is 10.1 Å². The molecular weight excluding hydrogens is 251 g/mol. The van der Waals surface area contributed by atoms with Crippen LogP contribution in [0.15, 0.2) is 18.2 Å². The highest BCUT2D eigenvalue weighted by Crippen LogP contribution is 2.19. The molecule has 7 heteroatoms. The Balaban J connectivity index is 3.06. The number of amides is 1. The zero-order valence-corrected chi connectivity index (χ0v) is 9.70. The molecule has 0 heterocycles. The van der Waals surface area contributed by atoms with E-state index >= 15 is 0 Å². The van der Waals surface area contributed by atoms with Gasteiger partial charge in [-0.2, -0.15) is 0 Å². The predicted octanol–water partition coefficient (Wildman–Crippen LogP) is 2.09. The minimum Gasteiger partial charge on any atom is -0.348 e. The summed E-state index contributed by atoms with van der Waals surface area (Å²) in [5, 5.41) is 13.1. The average molecular weight is 261 g/mol. The van der Waals surface area contributed by atoms with Crippen LogP contribution in [0, 0.1) is 15.9 Å². The molecule has 5 nitrogen and oxygen atoms in total. The number of nitro groups is 1. The normalized spacial score (nSPS) is 11.9. The summed E-state index contributed by atoms with van der Waals surface area (Å²) in [7, 11) is 0. The second-order valence-electron chi connectivity index (χ2n) is 3.45. The summed E-state index contributed by atoms with van der Waals surface area (Å²) in [5.41, 5.74) is -0.752. The van der Waals surface area contributed by atoms with Gasteiger partial charge in [0.25, 0.3) is 11.6 Å². The van der Waals surface area contributed by atoms with Crippen molar-refractivity contribution in [2.75, 3.05) is 5.88 Å². The van der Waals surface area contributed by atoms with Gasteiger partial charge in [-0.3, -0.25) is 14.9 Å². The molecule has 1 aromatic carbocycles. The summed E-state index contributed by atoms with van der Waals surface area (Å²) in [6.07, 6.45) is 0. The SMILES string of the molecule is CC(CCl)NC(=O)c1cc(F)ccc1[N+](=O)[O-]. The van der Waals surface area contributed by atoms with Crippen LogP contribution in [0.25, 0.3) is 0 Å². The summed E-state index contributed by atoms with van der Waals surface area (Å²) in [6.45, 7) is 1.63. The van der Waals surface area contributed by atoms with Gasteiger partial charge in [0.05, 0.1) is 4.92 Å². The van der Waals surface area contributed by atoms with E-state index < -0.39 is 22.3 Å². The lowest BCUT2D eigenvalue weighted by Gasteiger charge is -2.10. The van der Waals surface area contributed by atoms with Gasteiger partial charge < -0.3 is 5.32 Å². The molecule has 0 spiro atoms. The van der Waals surface area contributed by atoms with Crippen molar-refractivity contribution in [2.24, 2.45) is 0 Å². The average Bonchev–Trinajstić information content (AvgIpc) is 2.28.